The van der Waals surface area contributed by atoms with E-state index in [1.165, 1.54) is 6.08 Å². The Morgan fingerprint density at radius 1 is 1.24 bits per heavy atom. The summed E-state index contributed by atoms with van der Waals surface area (Å²) in [6, 6.07) is 11.3. The van der Waals surface area contributed by atoms with Gasteiger partial charge >= 0.3 is 5.97 Å². The average Bonchev–Trinajstić information content (AvgIpc) is 2.70. The summed E-state index contributed by atoms with van der Waals surface area (Å²) in [5, 5.41) is 0. The van der Waals surface area contributed by atoms with E-state index in [2.05, 4.69) is 4.98 Å². The first-order chi connectivity index (χ1) is 13.8. The Morgan fingerprint density at radius 3 is 2.66 bits per heavy atom. The van der Waals surface area contributed by atoms with Crippen LogP contribution >= 0.6 is 0 Å². The molecule has 1 saturated carbocycles. The molecule has 1 fully saturated rings. The van der Waals surface area contributed by atoms with Crippen LogP contribution in [0.5, 0.6) is 5.75 Å². The Labute approximate surface area is 171 Å². The first-order valence-corrected chi connectivity index (χ1v) is 9.88. The van der Waals surface area contributed by atoms with E-state index < -0.39 is 5.41 Å². The van der Waals surface area contributed by atoms with Gasteiger partial charge in [0.05, 0.1) is 0 Å². The van der Waals surface area contributed by atoms with Crippen molar-refractivity contribution in [2.45, 2.75) is 46.3 Å². The predicted molar refractivity (Wildman–Crippen MR) is 111 cm³/mol. The predicted octanol–water partition coefficient (Wildman–Crippen LogP) is 4.61. The molecule has 2 atom stereocenters. The lowest BCUT2D eigenvalue weighted by Crippen LogP contribution is -2.41. The van der Waals surface area contributed by atoms with Gasteiger partial charge < -0.3 is 9.47 Å². The molecule has 1 aliphatic rings. The molecule has 0 aliphatic heterocycles. The summed E-state index contributed by atoms with van der Waals surface area (Å²) in [5.74, 6) is 0.520. The van der Waals surface area contributed by atoms with Gasteiger partial charge in [-0.1, -0.05) is 39.0 Å². The van der Waals surface area contributed by atoms with Crippen LogP contribution in [0.15, 0.2) is 54.9 Å². The third-order valence-corrected chi connectivity index (χ3v) is 5.17. The number of hydrogen-bond acceptors (Lipinski definition) is 5. The standard InChI is InChI=1S/C24H27NO4/c1-17-13-21(14-24(2,3)23(17)27)29-22(26)11-8-18-6-9-20(10-7-18)28-16-19-5-4-12-25-15-19/h4-12,15,17,21H,13-14,16H2,1-3H3/b11-8+. The van der Waals surface area contributed by atoms with E-state index in [9.17, 15) is 9.59 Å². The highest BCUT2D eigenvalue weighted by molar-refractivity contribution is 5.88. The molecular weight excluding hydrogens is 366 g/mol. The molecule has 0 bridgehead atoms. The zero-order valence-corrected chi connectivity index (χ0v) is 17.1. The fourth-order valence-electron chi connectivity index (χ4n) is 3.70. The molecule has 1 aromatic carbocycles. The van der Waals surface area contributed by atoms with E-state index in [-0.39, 0.29) is 23.8 Å². The van der Waals surface area contributed by atoms with Crippen molar-refractivity contribution in [1.29, 1.82) is 0 Å². The Hall–Kier alpha value is -2.95. The Morgan fingerprint density at radius 2 is 2.00 bits per heavy atom. The third-order valence-electron chi connectivity index (χ3n) is 5.17. The number of nitrogens with zero attached hydrogens (tertiary/aromatic N) is 1. The first-order valence-electron chi connectivity index (χ1n) is 9.88. The van der Waals surface area contributed by atoms with Gasteiger partial charge in [-0.3, -0.25) is 9.78 Å². The Kier molecular flexibility index (Phi) is 6.47. The number of Topliss-reactive ketones (excluding diaryl/α,β-unsaturated/α-hetero) is 1. The summed E-state index contributed by atoms with van der Waals surface area (Å²) in [4.78, 5) is 28.4. The maximum Gasteiger partial charge on any atom is 0.331 e. The summed E-state index contributed by atoms with van der Waals surface area (Å²) in [6.07, 6.45) is 7.58. The number of rotatable bonds is 6. The van der Waals surface area contributed by atoms with Crippen molar-refractivity contribution in [3.8, 4) is 5.75 Å². The van der Waals surface area contributed by atoms with Gasteiger partial charge in [-0.25, -0.2) is 4.79 Å². The number of benzene rings is 1. The average molecular weight is 393 g/mol. The molecule has 2 aromatic rings. The fourth-order valence-corrected chi connectivity index (χ4v) is 3.70. The lowest BCUT2D eigenvalue weighted by atomic mass is 9.70. The van der Waals surface area contributed by atoms with E-state index in [0.29, 0.717) is 19.4 Å². The summed E-state index contributed by atoms with van der Waals surface area (Å²) in [6.45, 7) is 6.19. The van der Waals surface area contributed by atoms with Gasteiger partial charge in [-0.05, 0) is 42.7 Å². The van der Waals surface area contributed by atoms with E-state index in [0.717, 1.165) is 16.9 Å². The lowest BCUT2D eigenvalue weighted by Gasteiger charge is -2.36. The zero-order chi connectivity index (χ0) is 20.9. The van der Waals surface area contributed by atoms with Gasteiger partial charge in [0.25, 0.3) is 0 Å². The largest absolute Gasteiger partial charge is 0.489 e. The van der Waals surface area contributed by atoms with Gasteiger partial charge in [-0.15, -0.1) is 0 Å². The zero-order valence-electron chi connectivity index (χ0n) is 17.1. The number of pyridine rings is 1. The quantitative estimate of drug-likeness (QED) is 0.530. The second kappa shape index (κ2) is 9.03. The molecule has 0 radical (unpaired) electrons. The summed E-state index contributed by atoms with van der Waals surface area (Å²) in [5.41, 5.74) is 1.43. The molecule has 5 heteroatoms. The Balaban J connectivity index is 1.50. The number of carbonyl (C=O) groups excluding carboxylic acids is 2. The number of aromatic nitrogens is 1. The molecule has 152 valence electrons. The lowest BCUT2D eigenvalue weighted by molar-refractivity contribution is -0.153. The molecule has 0 saturated heterocycles. The number of ketones is 1. The summed E-state index contributed by atoms with van der Waals surface area (Å²) >= 11 is 0. The van der Waals surface area contributed by atoms with E-state index in [4.69, 9.17) is 9.47 Å². The van der Waals surface area contributed by atoms with E-state index in [1.807, 2.05) is 57.2 Å². The van der Waals surface area contributed by atoms with Crippen LogP contribution in [-0.4, -0.2) is 22.8 Å². The summed E-state index contributed by atoms with van der Waals surface area (Å²) < 4.78 is 11.3. The van der Waals surface area contributed by atoms with Crippen LogP contribution in [0.25, 0.3) is 6.08 Å². The number of carbonyl (C=O) groups is 2. The molecule has 0 amide bonds. The Bertz CT molecular complexity index is 872. The van der Waals surface area contributed by atoms with Crippen LogP contribution in [0, 0.1) is 11.3 Å². The van der Waals surface area contributed by atoms with Crippen LogP contribution in [0.2, 0.25) is 0 Å². The number of esters is 1. The summed E-state index contributed by atoms with van der Waals surface area (Å²) in [7, 11) is 0. The van der Waals surface area contributed by atoms with E-state index in [1.54, 1.807) is 18.5 Å². The number of hydrogen-bond donors (Lipinski definition) is 0. The molecule has 29 heavy (non-hydrogen) atoms. The fraction of sp³-hybridized carbons (Fsp3) is 0.375. The van der Waals surface area contributed by atoms with Gasteiger partial charge in [0.15, 0.2) is 0 Å². The molecular formula is C24H27NO4. The molecule has 0 spiro atoms. The smallest absolute Gasteiger partial charge is 0.331 e. The highest BCUT2D eigenvalue weighted by Gasteiger charge is 2.41. The third kappa shape index (κ3) is 5.76. The maximum absolute atomic E-state index is 12.2. The second-order valence-corrected chi connectivity index (χ2v) is 8.20. The van der Waals surface area contributed by atoms with Crippen molar-refractivity contribution in [1.82, 2.24) is 4.98 Å². The monoisotopic (exact) mass is 393 g/mol. The molecule has 1 aromatic heterocycles. The topological polar surface area (TPSA) is 65.5 Å². The molecule has 1 heterocycles. The van der Waals surface area contributed by atoms with E-state index >= 15 is 0 Å². The van der Waals surface area contributed by atoms with Crippen LogP contribution in [0.3, 0.4) is 0 Å². The van der Waals surface area contributed by atoms with Crippen LogP contribution < -0.4 is 4.74 Å². The van der Waals surface area contributed by atoms with Crippen molar-refractivity contribution in [3.63, 3.8) is 0 Å². The van der Waals surface area contributed by atoms with Crippen molar-refractivity contribution in [3.05, 3.63) is 66.0 Å². The van der Waals surface area contributed by atoms with Crippen LogP contribution in [-0.2, 0) is 20.9 Å². The molecule has 1 aliphatic carbocycles. The van der Waals surface area contributed by atoms with Crippen molar-refractivity contribution < 1.29 is 19.1 Å². The molecule has 3 rings (SSSR count). The SMILES string of the molecule is CC1CC(OC(=O)/C=C/c2ccc(OCc3cccnc3)cc2)CC(C)(C)C1=O. The van der Waals surface area contributed by atoms with Crippen LogP contribution in [0.4, 0.5) is 0 Å². The van der Waals surface area contributed by atoms with Gasteiger partial charge in [0.2, 0.25) is 0 Å². The highest BCUT2D eigenvalue weighted by Crippen LogP contribution is 2.36. The maximum atomic E-state index is 12.2. The van der Waals surface area contributed by atoms with Crippen molar-refractivity contribution >= 4 is 17.8 Å². The minimum Gasteiger partial charge on any atom is -0.489 e. The molecule has 2 unspecified atom stereocenters. The normalized spacial score (nSPS) is 21.1. The number of ether oxygens (including phenoxy) is 2. The van der Waals surface area contributed by atoms with Gasteiger partial charge in [0.1, 0.15) is 24.2 Å². The minimum absolute atomic E-state index is 0.0836. The second-order valence-electron chi connectivity index (χ2n) is 8.20. The molecule has 5 nitrogen and oxygen atoms in total. The molecule has 0 N–H and O–H groups in total. The van der Waals surface area contributed by atoms with Gasteiger partial charge in [-0.2, -0.15) is 0 Å². The van der Waals surface area contributed by atoms with Crippen molar-refractivity contribution in [2.75, 3.05) is 0 Å². The minimum atomic E-state index is -0.446. The van der Waals surface area contributed by atoms with Crippen LogP contribution in [0.1, 0.15) is 44.7 Å². The highest BCUT2D eigenvalue weighted by atomic mass is 16.5. The first kappa shape index (κ1) is 20.8. The van der Waals surface area contributed by atoms with Gasteiger partial charge in [0, 0.05) is 35.4 Å². The van der Waals surface area contributed by atoms with Crippen molar-refractivity contribution in [2.24, 2.45) is 11.3 Å².